The van der Waals surface area contributed by atoms with Crippen LogP contribution >= 0.6 is 0 Å². The number of likely N-dealkylation sites (tertiary alicyclic amines) is 1. The molecule has 1 aromatic rings. The Labute approximate surface area is 123 Å². The molecule has 1 aliphatic rings. The van der Waals surface area contributed by atoms with E-state index in [-0.39, 0.29) is 6.61 Å². The molecule has 6 nitrogen and oxygen atoms in total. The quantitative estimate of drug-likeness (QED) is 0.794. The number of nitrogens with zero attached hydrogens (tertiary/aromatic N) is 1. The number of rotatable bonds is 4. The average molecular weight is 293 g/mol. The first-order valence-corrected chi connectivity index (χ1v) is 6.76. The highest BCUT2D eigenvalue weighted by atomic mass is 16.6. The molecule has 0 bridgehead atoms. The van der Waals surface area contributed by atoms with E-state index in [0.717, 1.165) is 5.56 Å². The zero-order valence-corrected chi connectivity index (χ0v) is 12.2. The first kappa shape index (κ1) is 15.3. The zero-order chi connectivity index (χ0) is 15.3. The van der Waals surface area contributed by atoms with Crippen molar-refractivity contribution >= 4 is 12.1 Å². The van der Waals surface area contributed by atoms with Gasteiger partial charge < -0.3 is 14.2 Å². The Morgan fingerprint density at radius 1 is 1.24 bits per heavy atom. The summed E-state index contributed by atoms with van der Waals surface area (Å²) < 4.78 is 15.3. The van der Waals surface area contributed by atoms with Crippen LogP contribution in [-0.2, 0) is 25.6 Å². The van der Waals surface area contributed by atoms with E-state index < -0.39 is 17.8 Å². The van der Waals surface area contributed by atoms with Gasteiger partial charge >= 0.3 is 12.1 Å². The van der Waals surface area contributed by atoms with Crippen LogP contribution in [0.5, 0.6) is 0 Å². The summed E-state index contributed by atoms with van der Waals surface area (Å²) in [6.45, 7) is 0.549. The second-order valence-electron chi connectivity index (χ2n) is 4.78. The molecular weight excluding hydrogens is 274 g/mol. The predicted molar refractivity (Wildman–Crippen MR) is 74.3 cm³/mol. The van der Waals surface area contributed by atoms with Crippen LogP contribution in [0.2, 0.25) is 0 Å². The van der Waals surface area contributed by atoms with Gasteiger partial charge in [0.1, 0.15) is 6.61 Å². The second kappa shape index (κ2) is 6.58. The number of carbonyl (C=O) groups excluding carboxylic acids is 2. The van der Waals surface area contributed by atoms with Crippen LogP contribution in [0, 0.1) is 0 Å². The van der Waals surface area contributed by atoms with E-state index in [1.165, 1.54) is 19.1 Å². The molecule has 0 aliphatic carbocycles. The molecule has 1 heterocycles. The van der Waals surface area contributed by atoms with Gasteiger partial charge in [-0.3, -0.25) is 4.90 Å². The molecule has 1 atom stereocenters. The van der Waals surface area contributed by atoms with Crippen molar-refractivity contribution in [3.63, 3.8) is 0 Å². The minimum atomic E-state index is -1.37. The molecule has 1 amide bonds. The molecule has 1 aliphatic heterocycles. The number of hydrogen-bond donors (Lipinski definition) is 0. The number of hydrogen-bond acceptors (Lipinski definition) is 5. The Hall–Kier alpha value is -2.08. The lowest BCUT2D eigenvalue weighted by molar-refractivity contribution is -0.183. The summed E-state index contributed by atoms with van der Waals surface area (Å²) >= 11 is 0. The lowest BCUT2D eigenvalue weighted by Crippen LogP contribution is -2.55. The molecule has 21 heavy (non-hydrogen) atoms. The maximum atomic E-state index is 12.2. The van der Waals surface area contributed by atoms with Crippen molar-refractivity contribution in [2.45, 2.75) is 25.2 Å². The molecule has 0 radical (unpaired) electrons. The number of carbonyl (C=O) groups is 2. The summed E-state index contributed by atoms with van der Waals surface area (Å²) in [6, 6.07) is 9.35. The highest BCUT2D eigenvalue weighted by Crippen LogP contribution is 2.32. The first-order chi connectivity index (χ1) is 10.1. The van der Waals surface area contributed by atoms with E-state index >= 15 is 0 Å². The molecule has 0 unspecified atom stereocenters. The van der Waals surface area contributed by atoms with Gasteiger partial charge in [-0.05, 0) is 12.0 Å². The Bertz CT molecular complexity index is 504. The number of amides is 1. The van der Waals surface area contributed by atoms with E-state index in [2.05, 4.69) is 0 Å². The normalized spacial score (nSPS) is 21.1. The highest BCUT2D eigenvalue weighted by molar-refractivity contribution is 5.84. The third kappa shape index (κ3) is 3.00. The van der Waals surface area contributed by atoms with Crippen LogP contribution in [0.4, 0.5) is 4.79 Å². The number of benzene rings is 1. The predicted octanol–water partition coefficient (Wildman–Crippen LogP) is 1.93. The summed E-state index contributed by atoms with van der Waals surface area (Å²) in [7, 11) is 2.66. The fourth-order valence-corrected chi connectivity index (χ4v) is 2.50. The molecule has 1 fully saturated rings. The van der Waals surface area contributed by atoms with E-state index in [1.807, 2.05) is 30.3 Å². The van der Waals surface area contributed by atoms with Crippen molar-refractivity contribution in [3.05, 3.63) is 35.9 Å². The third-order valence-corrected chi connectivity index (χ3v) is 3.60. The van der Waals surface area contributed by atoms with Gasteiger partial charge in [-0.15, -0.1) is 0 Å². The van der Waals surface area contributed by atoms with Crippen molar-refractivity contribution in [1.29, 1.82) is 0 Å². The van der Waals surface area contributed by atoms with E-state index in [4.69, 9.17) is 14.2 Å². The maximum absolute atomic E-state index is 12.2. The Morgan fingerprint density at radius 2 is 1.95 bits per heavy atom. The molecule has 0 aromatic heterocycles. The molecule has 0 N–H and O–H groups in total. The molecule has 1 aromatic carbocycles. The number of esters is 1. The highest BCUT2D eigenvalue weighted by Gasteiger charge is 2.52. The first-order valence-electron chi connectivity index (χ1n) is 6.76. The SMILES string of the molecule is COC(=O)[C@]1(OC)CCCN1C(=O)OCc1ccccc1. The van der Waals surface area contributed by atoms with Crippen LogP contribution in [0.1, 0.15) is 18.4 Å². The van der Waals surface area contributed by atoms with E-state index in [9.17, 15) is 9.59 Å². The largest absolute Gasteiger partial charge is 0.465 e. The molecule has 2 rings (SSSR count). The van der Waals surface area contributed by atoms with E-state index in [1.54, 1.807) is 0 Å². The Balaban J connectivity index is 2.05. The maximum Gasteiger partial charge on any atom is 0.412 e. The monoisotopic (exact) mass is 293 g/mol. The minimum absolute atomic E-state index is 0.150. The summed E-state index contributed by atoms with van der Waals surface area (Å²) in [4.78, 5) is 25.5. The molecule has 0 spiro atoms. The second-order valence-corrected chi connectivity index (χ2v) is 4.78. The van der Waals surface area contributed by atoms with Crippen LogP contribution in [0.15, 0.2) is 30.3 Å². The van der Waals surface area contributed by atoms with Gasteiger partial charge in [0.2, 0.25) is 5.72 Å². The Kier molecular flexibility index (Phi) is 4.80. The van der Waals surface area contributed by atoms with Crippen molar-refractivity contribution in [2.24, 2.45) is 0 Å². The van der Waals surface area contributed by atoms with Crippen LogP contribution in [0.3, 0.4) is 0 Å². The van der Waals surface area contributed by atoms with Gasteiger partial charge in [-0.1, -0.05) is 30.3 Å². The van der Waals surface area contributed by atoms with Gasteiger partial charge in [-0.2, -0.15) is 0 Å². The molecule has 114 valence electrons. The lowest BCUT2D eigenvalue weighted by Gasteiger charge is -2.33. The average Bonchev–Trinajstić information content (AvgIpc) is 2.98. The van der Waals surface area contributed by atoms with Crippen molar-refractivity contribution in [1.82, 2.24) is 4.90 Å². The molecule has 6 heteroatoms. The minimum Gasteiger partial charge on any atom is -0.465 e. The van der Waals surface area contributed by atoms with Crippen molar-refractivity contribution in [3.8, 4) is 0 Å². The fraction of sp³-hybridized carbons (Fsp3) is 0.467. The van der Waals surface area contributed by atoms with Gasteiger partial charge in [0.05, 0.1) is 7.11 Å². The topological polar surface area (TPSA) is 65.1 Å². The number of methoxy groups -OCH3 is 2. The molecule has 1 saturated heterocycles. The summed E-state index contributed by atoms with van der Waals surface area (Å²) in [5.74, 6) is -0.584. The van der Waals surface area contributed by atoms with E-state index in [0.29, 0.717) is 19.4 Å². The zero-order valence-electron chi connectivity index (χ0n) is 12.2. The molecule has 0 saturated carbocycles. The Morgan fingerprint density at radius 3 is 2.57 bits per heavy atom. The summed E-state index contributed by atoms with van der Waals surface area (Å²) in [6.07, 6.45) is 0.476. The van der Waals surface area contributed by atoms with Crippen LogP contribution < -0.4 is 0 Å². The smallest absolute Gasteiger partial charge is 0.412 e. The summed E-state index contributed by atoms with van der Waals surface area (Å²) in [5.41, 5.74) is -0.492. The fourth-order valence-electron chi connectivity index (χ4n) is 2.50. The van der Waals surface area contributed by atoms with Crippen LogP contribution in [-0.4, -0.2) is 43.5 Å². The van der Waals surface area contributed by atoms with Gasteiger partial charge in [0, 0.05) is 20.1 Å². The van der Waals surface area contributed by atoms with Crippen LogP contribution in [0.25, 0.3) is 0 Å². The number of ether oxygens (including phenoxy) is 3. The van der Waals surface area contributed by atoms with Crippen molar-refractivity contribution in [2.75, 3.05) is 20.8 Å². The van der Waals surface area contributed by atoms with Gasteiger partial charge in [-0.25, -0.2) is 9.59 Å². The third-order valence-electron chi connectivity index (χ3n) is 3.60. The molecular formula is C15H19NO5. The van der Waals surface area contributed by atoms with Crippen molar-refractivity contribution < 1.29 is 23.8 Å². The summed E-state index contributed by atoms with van der Waals surface area (Å²) in [5, 5.41) is 0. The lowest BCUT2D eigenvalue weighted by atomic mass is 10.1. The van der Waals surface area contributed by atoms with Gasteiger partial charge in [0.25, 0.3) is 0 Å². The van der Waals surface area contributed by atoms with Gasteiger partial charge in [0.15, 0.2) is 0 Å². The standard InChI is InChI=1S/C15H19NO5/c1-19-13(17)15(20-2)9-6-10-16(15)14(18)21-11-12-7-4-3-5-8-12/h3-5,7-8H,6,9-11H2,1-2H3/t15-/m1/s1.